The summed E-state index contributed by atoms with van der Waals surface area (Å²) in [5, 5.41) is 3.16. The van der Waals surface area contributed by atoms with Crippen molar-refractivity contribution in [1.29, 1.82) is 0 Å². The van der Waals surface area contributed by atoms with E-state index >= 15 is 0 Å². The van der Waals surface area contributed by atoms with Crippen molar-refractivity contribution in [1.82, 2.24) is 10.2 Å². The third-order valence-electron chi connectivity index (χ3n) is 3.53. The summed E-state index contributed by atoms with van der Waals surface area (Å²) in [5.74, 6) is 2.27. The van der Waals surface area contributed by atoms with Gasteiger partial charge in [-0.15, -0.1) is 24.2 Å². The lowest BCUT2D eigenvalue weighted by Crippen LogP contribution is -2.43. The molecule has 1 atom stereocenters. The van der Waals surface area contributed by atoms with Crippen LogP contribution in [0.15, 0.2) is 29.2 Å². The molecule has 1 fully saturated rings. The van der Waals surface area contributed by atoms with Crippen molar-refractivity contribution in [2.24, 2.45) is 0 Å². The van der Waals surface area contributed by atoms with E-state index in [1.165, 1.54) is 12.3 Å². The van der Waals surface area contributed by atoms with Gasteiger partial charge < -0.3 is 9.64 Å². The molecule has 6 nitrogen and oxygen atoms in total. The SMILES string of the molecule is CN(CCCOc1cccc(S(C)(=O)=O)c1)C(=O)C1CSCN1.Cl. The van der Waals surface area contributed by atoms with E-state index in [0.29, 0.717) is 25.3 Å². The summed E-state index contributed by atoms with van der Waals surface area (Å²) in [7, 11) is -1.44. The molecule has 136 valence electrons. The molecule has 0 radical (unpaired) electrons. The number of sulfone groups is 1. The monoisotopic (exact) mass is 394 g/mol. The van der Waals surface area contributed by atoms with Crippen LogP contribution < -0.4 is 10.1 Å². The van der Waals surface area contributed by atoms with Gasteiger partial charge in [-0.2, -0.15) is 0 Å². The molecular formula is C15H23ClN2O4S2. The van der Waals surface area contributed by atoms with Gasteiger partial charge in [-0.25, -0.2) is 8.42 Å². The minimum atomic E-state index is -3.23. The summed E-state index contributed by atoms with van der Waals surface area (Å²) < 4.78 is 28.6. The Morgan fingerprint density at radius 2 is 2.21 bits per heavy atom. The van der Waals surface area contributed by atoms with Gasteiger partial charge in [0, 0.05) is 31.5 Å². The first kappa shape index (κ1) is 21.1. The number of amides is 1. The van der Waals surface area contributed by atoms with Crippen molar-refractivity contribution >= 4 is 39.9 Å². The first-order chi connectivity index (χ1) is 10.9. The molecule has 1 heterocycles. The van der Waals surface area contributed by atoms with E-state index in [1.807, 2.05) is 0 Å². The van der Waals surface area contributed by atoms with Crippen LogP contribution in [0.1, 0.15) is 6.42 Å². The lowest BCUT2D eigenvalue weighted by atomic mass is 10.3. The first-order valence-electron chi connectivity index (χ1n) is 7.37. The zero-order valence-corrected chi connectivity index (χ0v) is 16.2. The van der Waals surface area contributed by atoms with Gasteiger partial charge >= 0.3 is 0 Å². The molecule has 1 aromatic carbocycles. The van der Waals surface area contributed by atoms with E-state index in [-0.39, 0.29) is 29.3 Å². The van der Waals surface area contributed by atoms with Gasteiger partial charge in [-0.05, 0) is 24.6 Å². The molecule has 2 rings (SSSR count). The lowest BCUT2D eigenvalue weighted by molar-refractivity contribution is -0.131. The minimum Gasteiger partial charge on any atom is -0.493 e. The Kier molecular flexibility index (Phi) is 8.35. The van der Waals surface area contributed by atoms with E-state index in [2.05, 4.69) is 5.32 Å². The molecular weight excluding hydrogens is 372 g/mol. The second kappa shape index (κ2) is 9.50. The summed E-state index contributed by atoms with van der Waals surface area (Å²) in [6, 6.07) is 6.36. The topological polar surface area (TPSA) is 75.7 Å². The Morgan fingerprint density at radius 3 is 2.83 bits per heavy atom. The zero-order valence-electron chi connectivity index (χ0n) is 13.7. The summed E-state index contributed by atoms with van der Waals surface area (Å²) >= 11 is 1.72. The smallest absolute Gasteiger partial charge is 0.240 e. The maximum absolute atomic E-state index is 12.1. The van der Waals surface area contributed by atoms with Crippen molar-refractivity contribution in [3.63, 3.8) is 0 Å². The largest absolute Gasteiger partial charge is 0.493 e. The number of hydrogen-bond donors (Lipinski definition) is 1. The van der Waals surface area contributed by atoms with Crippen LogP contribution in [0.4, 0.5) is 0 Å². The van der Waals surface area contributed by atoms with E-state index in [9.17, 15) is 13.2 Å². The number of halogens is 1. The lowest BCUT2D eigenvalue weighted by Gasteiger charge is -2.20. The third-order valence-corrected chi connectivity index (χ3v) is 5.58. The molecule has 1 saturated heterocycles. The number of likely N-dealkylation sites (N-methyl/N-ethyl adjacent to an activating group) is 1. The van der Waals surface area contributed by atoms with Crippen LogP contribution in [-0.4, -0.2) is 63.4 Å². The highest BCUT2D eigenvalue weighted by atomic mass is 35.5. The van der Waals surface area contributed by atoms with E-state index in [0.717, 1.165) is 11.6 Å². The van der Waals surface area contributed by atoms with Gasteiger partial charge in [0.1, 0.15) is 5.75 Å². The number of benzene rings is 1. The molecule has 1 N–H and O–H groups in total. The van der Waals surface area contributed by atoms with Crippen LogP contribution >= 0.6 is 24.2 Å². The molecule has 1 aliphatic heterocycles. The maximum atomic E-state index is 12.1. The highest BCUT2D eigenvalue weighted by Gasteiger charge is 2.24. The Bertz CT molecular complexity index is 649. The van der Waals surface area contributed by atoms with Crippen molar-refractivity contribution in [3.05, 3.63) is 24.3 Å². The Morgan fingerprint density at radius 1 is 1.46 bits per heavy atom. The molecule has 0 saturated carbocycles. The molecule has 24 heavy (non-hydrogen) atoms. The third kappa shape index (κ3) is 6.16. The van der Waals surface area contributed by atoms with Crippen molar-refractivity contribution in [2.45, 2.75) is 17.4 Å². The number of carbonyl (C=O) groups is 1. The van der Waals surface area contributed by atoms with Crippen LogP contribution in [-0.2, 0) is 14.6 Å². The number of ether oxygens (including phenoxy) is 1. The number of thioether (sulfide) groups is 1. The van der Waals surface area contributed by atoms with Crippen LogP contribution in [0.25, 0.3) is 0 Å². The molecule has 0 spiro atoms. The number of carbonyl (C=O) groups excluding carboxylic acids is 1. The zero-order chi connectivity index (χ0) is 16.9. The van der Waals surface area contributed by atoms with Gasteiger partial charge in [-0.1, -0.05) is 6.07 Å². The minimum absolute atomic E-state index is 0. The van der Waals surface area contributed by atoms with Crippen LogP contribution in [0.2, 0.25) is 0 Å². The van der Waals surface area contributed by atoms with Gasteiger partial charge in [-0.3, -0.25) is 10.1 Å². The van der Waals surface area contributed by atoms with Gasteiger partial charge in [0.25, 0.3) is 0 Å². The Hall–Kier alpha value is -0.960. The Labute approximate surface area is 153 Å². The predicted molar refractivity (Wildman–Crippen MR) is 98.8 cm³/mol. The van der Waals surface area contributed by atoms with E-state index < -0.39 is 9.84 Å². The molecule has 0 aliphatic carbocycles. The standard InChI is InChI=1S/C15H22N2O4S2.ClH/c1-17(15(18)14-10-22-11-16-14)7-4-8-21-12-5-3-6-13(9-12)23(2,19)20;/h3,5-6,9,14,16H,4,7-8,10-11H2,1-2H3;1H. The fourth-order valence-corrected chi connectivity index (χ4v) is 3.81. The predicted octanol–water partition coefficient (Wildman–Crippen LogP) is 1.40. The average molecular weight is 395 g/mol. The summed E-state index contributed by atoms with van der Waals surface area (Å²) in [6.07, 6.45) is 1.85. The molecule has 1 amide bonds. The second-order valence-electron chi connectivity index (χ2n) is 5.48. The highest BCUT2D eigenvalue weighted by molar-refractivity contribution is 7.99. The molecule has 0 bridgehead atoms. The number of nitrogens with zero attached hydrogens (tertiary/aromatic N) is 1. The van der Waals surface area contributed by atoms with E-state index in [4.69, 9.17) is 4.74 Å². The summed E-state index contributed by atoms with van der Waals surface area (Å²) in [5.41, 5.74) is 0. The average Bonchev–Trinajstić information content (AvgIpc) is 3.04. The second-order valence-corrected chi connectivity index (χ2v) is 8.53. The summed E-state index contributed by atoms with van der Waals surface area (Å²) in [6.45, 7) is 1.03. The van der Waals surface area contributed by atoms with Crippen molar-refractivity contribution in [2.75, 3.05) is 38.1 Å². The van der Waals surface area contributed by atoms with Gasteiger partial charge in [0.15, 0.2) is 9.84 Å². The normalized spacial score (nSPS) is 17.2. The van der Waals surface area contributed by atoms with Crippen molar-refractivity contribution < 1.29 is 17.9 Å². The summed E-state index contributed by atoms with van der Waals surface area (Å²) in [4.78, 5) is 14.1. The molecule has 9 heteroatoms. The number of nitrogens with one attached hydrogen (secondary N) is 1. The van der Waals surface area contributed by atoms with Gasteiger partial charge in [0.05, 0.1) is 17.5 Å². The number of hydrogen-bond acceptors (Lipinski definition) is 6. The fraction of sp³-hybridized carbons (Fsp3) is 0.533. The number of rotatable bonds is 7. The van der Waals surface area contributed by atoms with Crippen molar-refractivity contribution in [3.8, 4) is 5.75 Å². The van der Waals surface area contributed by atoms with Gasteiger partial charge in [0.2, 0.25) is 5.91 Å². The fourth-order valence-electron chi connectivity index (χ4n) is 2.22. The Balaban J connectivity index is 0.00000288. The maximum Gasteiger partial charge on any atom is 0.240 e. The van der Waals surface area contributed by atoms with Crippen LogP contribution in [0.5, 0.6) is 5.75 Å². The van der Waals surface area contributed by atoms with Crippen LogP contribution in [0.3, 0.4) is 0 Å². The molecule has 1 unspecified atom stereocenters. The van der Waals surface area contributed by atoms with E-state index in [1.54, 1.807) is 41.9 Å². The molecule has 1 aromatic rings. The first-order valence-corrected chi connectivity index (χ1v) is 10.4. The quantitative estimate of drug-likeness (QED) is 0.704. The highest BCUT2D eigenvalue weighted by Crippen LogP contribution is 2.17. The van der Waals surface area contributed by atoms with Crippen LogP contribution in [0, 0.1) is 0 Å². The molecule has 0 aromatic heterocycles. The molecule has 1 aliphatic rings.